The molecule has 31 heavy (non-hydrogen) atoms. The summed E-state index contributed by atoms with van der Waals surface area (Å²) < 4.78 is 54.0. The molecule has 0 spiro atoms. The van der Waals surface area contributed by atoms with Crippen LogP contribution in [0.2, 0.25) is 0 Å². The fraction of sp³-hybridized carbons (Fsp3) is 0.458. The second-order valence-electron chi connectivity index (χ2n) is 9.05. The molecule has 0 aliphatic carbocycles. The van der Waals surface area contributed by atoms with Crippen molar-refractivity contribution in [1.29, 1.82) is 0 Å². The van der Waals surface area contributed by atoms with Gasteiger partial charge in [0.15, 0.2) is 15.6 Å². The van der Waals surface area contributed by atoms with Gasteiger partial charge in [0.1, 0.15) is 22.3 Å². The van der Waals surface area contributed by atoms with E-state index in [0.29, 0.717) is 16.7 Å². The number of ketones is 1. The van der Waals surface area contributed by atoms with Crippen LogP contribution in [0.3, 0.4) is 0 Å². The predicted octanol–water partition coefficient (Wildman–Crippen LogP) is 5.02. The Morgan fingerprint density at radius 3 is 1.94 bits per heavy atom. The van der Waals surface area contributed by atoms with Gasteiger partial charge in [0, 0.05) is 6.42 Å². The lowest BCUT2D eigenvalue weighted by molar-refractivity contribution is -0.116. The van der Waals surface area contributed by atoms with E-state index in [4.69, 9.17) is 0 Å². The molecule has 0 radical (unpaired) electrons. The van der Waals surface area contributed by atoms with E-state index in [1.54, 1.807) is 0 Å². The summed E-state index contributed by atoms with van der Waals surface area (Å²) in [4.78, 5) is 12.2. The number of Topliss-reactive ketones (excluding diaryl/α,β-unsaturated/α-hetero) is 1. The first-order valence-corrected chi connectivity index (χ1v) is 11.9. The quantitative estimate of drug-likeness (QED) is 0.610. The number of hydrogen-bond acceptors (Lipinski definition) is 4. The van der Waals surface area contributed by atoms with Crippen molar-refractivity contribution in [1.82, 2.24) is 0 Å². The highest BCUT2D eigenvalue weighted by Gasteiger charge is 2.27. The van der Waals surface area contributed by atoms with Crippen LogP contribution in [0, 0.1) is 11.6 Å². The normalized spacial score (nSPS) is 12.6. The van der Waals surface area contributed by atoms with Crippen LogP contribution in [0.1, 0.15) is 75.6 Å². The summed E-state index contributed by atoms with van der Waals surface area (Å²) in [5.74, 6) is -2.98. The average molecular weight is 453 g/mol. The fourth-order valence-electron chi connectivity index (χ4n) is 3.59. The van der Waals surface area contributed by atoms with Crippen molar-refractivity contribution < 1.29 is 27.1 Å². The molecule has 2 aromatic rings. The Bertz CT molecular complexity index is 1050. The van der Waals surface area contributed by atoms with Crippen molar-refractivity contribution in [3.8, 4) is 0 Å². The van der Waals surface area contributed by atoms with Gasteiger partial charge in [-0.1, -0.05) is 33.8 Å². The molecular formula is C24H30F2O4S. The topological polar surface area (TPSA) is 71.4 Å². The van der Waals surface area contributed by atoms with E-state index in [9.17, 15) is 27.1 Å². The molecule has 0 aliphatic rings. The highest BCUT2D eigenvalue weighted by molar-refractivity contribution is 7.92. The molecule has 0 saturated carbocycles. The fourth-order valence-corrected chi connectivity index (χ4v) is 4.90. The van der Waals surface area contributed by atoms with Crippen molar-refractivity contribution in [3.05, 3.63) is 64.2 Å². The maximum atomic E-state index is 14.5. The van der Waals surface area contributed by atoms with E-state index in [1.807, 2.05) is 27.7 Å². The molecule has 0 aromatic heterocycles. The molecule has 170 valence electrons. The zero-order valence-electron chi connectivity index (χ0n) is 18.8. The van der Waals surface area contributed by atoms with Crippen LogP contribution in [0.5, 0.6) is 0 Å². The molecule has 0 saturated heterocycles. The Morgan fingerprint density at radius 1 is 1.00 bits per heavy atom. The van der Waals surface area contributed by atoms with Crippen LogP contribution in [0.15, 0.2) is 35.2 Å². The minimum absolute atomic E-state index is 0.0561. The van der Waals surface area contributed by atoms with Crippen LogP contribution in [0.4, 0.5) is 8.78 Å². The van der Waals surface area contributed by atoms with Crippen LogP contribution in [-0.4, -0.2) is 25.1 Å². The number of benzene rings is 2. The Morgan fingerprint density at radius 2 is 1.52 bits per heavy atom. The van der Waals surface area contributed by atoms with Gasteiger partial charge in [-0.25, -0.2) is 17.2 Å². The van der Waals surface area contributed by atoms with Crippen molar-refractivity contribution in [2.75, 3.05) is 5.75 Å². The molecule has 0 aliphatic heterocycles. The number of hydrogen-bond donors (Lipinski definition) is 1. The Kier molecular flexibility index (Phi) is 7.43. The van der Waals surface area contributed by atoms with E-state index in [1.165, 1.54) is 32.0 Å². The smallest absolute Gasteiger partial charge is 0.188 e. The minimum Gasteiger partial charge on any atom is -0.386 e. The number of halogens is 2. The minimum atomic E-state index is -4.23. The number of carbonyl (C=O) groups excluding carboxylic acids is 1. The van der Waals surface area contributed by atoms with Crippen molar-refractivity contribution in [2.24, 2.45) is 0 Å². The van der Waals surface area contributed by atoms with E-state index in [-0.39, 0.29) is 23.8 Å². The van der Waals surface area contributed by atoms with Gasteiger partial charge in [-0.05, 0) is 72.2 Å². The molecule has 0 amide bonds. The SMILES string of the molecule is CC(C)c1cc(F)cc(C(C)C)c1CC(=O)CS(=O)(=O)c1ccc(C(C)(C)O)cc1F. The molecule has 0 unspecified atom stereocenters. The van der Waals surface area contributed by atoms with Crippen molar-refractivity contribution in [2.45, 2.75) is 70.3 Å². The first-order valence-electron chi connectivity index (χ1n) is 10.2. The van der Waals surface area contributed by atoms with Crippen LogP contribution < -0.4 is 0 Å². The van der Waals surface area contributed by atoms with Gasteiger partial charge in [-0.15, -0.1) is 0 Å². The number of carbonyl (C=O) groups is 1. The lowest BCUT2D eigenvalue weighted by Crippen LogP contribution is -2.21. The highest BCUT2D eigenvalue weighted by Crippen LogP contribution is 2.30. The van der Waals surface area contributed by atoms with Gasteiger partial charge in [0.2, 0.25) is 0 Å². The molecule has 7 heteroatoms. The standard InChI is InChI=1S/C24H30F2O4S/c1-14(2)19-10-17(25)11-20(15(3)4)21(19)12-18(27)13-31(29,30)23-8-7-16(9-22(23)26)24(5,6)28/h7-11,14-15,28H,12-13H2,1-6H3. The Balaban J connectivity index is 2.37. The summed E-state index contributed by atoms with van der Waals surface area (Å²) in [6.07, 6.45) is -0.177. The number of aliphatic hydroxyl groups is 1. The largest absolute Gasteiger partial charge is 0.386 e. The predicted molar refractivity (Wildman–Crippen MR) is 117 cm³/mol. The second-order valence-corrected chi connectivity index (χ2v) is 11.0. The third-order valence-corrected chi connectivity index (χ3v) is 6.93. The van der Waals surface area contributed by atoms with Gasteiger partial charge in [-0.3, -0.25) is 4.79 Å². The molecule has 1 N–H and O–H groups in total. The average Bonchev–Trinajstić information content (AvgIpc) is 2.60. The van der Waals surface area contributed by atoms with Gasteiger partial charge >= 0.3 is 0 Å². The molecular weight excluding hydrogens is 422 g/mol. The van der Waals surface area contributed by atoms with E-state index >= 15 is 0 Å². The first-order chi connectivity index (χ1) is 14.1. The van der Waals surface area contributed by atoms with Crippen molar-refractivity contribution >= 4 is 15.6 Å². The second kappa shape index (κ2) is 9.17. The first kappa shape index (κ1) is 25.1. The molecule has 0 atom stereocenters. The summed E-state index contributed by atoms with van der Waals surface area (Å²) in [6, 6.07) is 6.12. The van der Waals surface area contributed by atoms with Gasteiger partial charge in [0.05, 0.1) is 5.60 Å². The van der Waals surface area contributed by atoms with Gasteiger partial charge in [0.25, 0.3) is 0 Å². The summed E-state index contributed by atoms with van der Waals surface area (Å²) >= 11 is 0. The number of sulfone groups is 1. The summed E-state index contributed by atoms with van der Waals surface area (Å²) in [7, 11) is -4.23. The van der Waals surface area contributed by atoms with E-state index in [2.05, 4.69) is 0 Å². The Labute approximate surface area is 183 Å². The lowest BCUT2D eigenvalue weighted by atomic mass is 9.86. The van der Waals surface area contributed by atoms with Gasteiger partial charge in [-0.2, -0.15) is 0 Å². The van der Waals surface area contributed by atoms with Crippen LogP contribution >= 0.6 is 0 Å². The molecule has 2 rings (SSSR count). The molecule has 2 aromatic carbocycles. The van der Waals surface area contributed by atoms with Crippen LogP contribution in [0.25, 0.3) is 0 Å². The molecule has 0 fully saturated rings. The zero-order valence-corrected chi connectivity index (χ0v) is 19.6. The lowest BCUT2D eigenvalue weighted by Gasteiger charge is -2.20. The third-order valence-electron chi connectivity index (χ3n) is 5.23. The number of rotatable bonds is 8. The maximum Gasteiger partial charge on any atom is 0.188 e. The maximum absolute atomic E-state index is 14.5. The van der Waals surface area contributed by atoms with Crippen molar-refractivity contribution in [3.63, 3.8) is 0 Å². The van der Waals surface area contributed by atoms with E-state index < -0.39 is 43.5 Å². The molecule has 0 bridgehead atoms. The monoisotopic (exact) mass is 452 g/mol. The van der Waals surface area contributed by atoms with E-state index in [0.717, 1.165) is 12.1 Å². The van der Waals surface area contributed by atoms with Crippen LogP contribution in [-0.2, 0) is 26.7 Å². The summed E-state index contributed by atoms with van der Waals surface area (Å²) in [6.45, 7) is 10.4. The third kappa shape index (κ3) is 5.98. The summed E-state index contributed by atoms with van der Waals surface area (Å²) in [5.41, 5.74) is 0.849. The zero-order chi connectivity index (χ0) is 23.7. The molecule has 0 heterocycles. The summed E-state index contributed by atoms with van der Waals surface area (Å²) in [5, 5.41) is 9.98. The molecule has 4 nitrogen and oxygen atoms in total. The Hall–Kier alpha value is -2.12. The highest BCUT2D eigenvalue weighted by atomic mass is 32.2. The van der Waals surface area contributed by atoms with Gasteiger partial charge < -0.3 is 5.11 Å².